The minimum absolute atomic E-state index is 0.0176. The first kappa shape index (κ1) is 17.5. The molecule has 1 aromatic carbocycles. The van der Waals surface area contributed by atoms with Crippen molar-refractivity contribution in [1.29, 1.82) is 0 Å². The Balaban J connectivity index is 1.26. The van der Waals surface area contributed by atoms with Crippen molar-refractivity contribution in [3.63, 3.8) is 0 Å². The zero-order valence-electron chi connectivity index (χ0n) is 14.3. The fourth-order valence-electron chi connectivity index (χ4n) is 3.26. The molecule has 2 aromatic rings. The highest BCUT2D eigenvalue weighted by Gasteiger charge is 2.41. The monoisotopic (exact) mass is 389 g/mol. The minimum atomic E-state index is -0.205. The number of halogens is 1. The van der Waals surface area contributed by atoms with E-state index in [1.54, 1.807) is 11.3 Å². The molecule has 1 atom stereocenters. The van der Waals surface area contributed by atoms with Gasteiger partial charge in [-0.1, -0.05) is 23.7 Å². The third-order valence-corrected chi connectivity index (χ3v) is 6.01. The Labute approximate surface area is 161 Å². The van der Waals surface area contributed by atoms with Gasteiger partial charge in [0.25, 0.3) is 0 Å². The van der Waals surface area contributed by atoms with Gasteiger partial charge in [-0.2, -0.15) is 0 Å². The Morgan fingerprint density at radius 3 is 2.81 bits per heavy atom. The number of rotatable bonds is 6. The topological polar surface area (TPSA) is 62.3 Å². The zero-order chi connectivity index (χ0) is 18.1. The van der Waals surface area contributed by atoms with Crippen LogP contribution in [0.2, 0.25) is 5.02 Å². The number of carbonyl (C=O) groups is 2. The van der Waals surface area contributed by atoms with Crippen LogP contribution in [0.3, 0.4) is 0 Å². The highest BCUT2D eigenvalue weighted by Crippen LogP contribution is 2.32. The van der Waals surface area contributed by atoms with Crippen molar-refractivity contribution in [3.05, 3.63) is 39.7 Å². The molecule has 1 N–H and O–H groups in total. The fourth-order valence-corrected chi connectivity index (χ4v) is 4.20. The number of hydrogen-bond donors (Lipinski definition) is 1. The molecule has 1 aromatic heterocycles. The first-order chi connectivity index (χ1) is 12.6. The first-order valence-electron chi connectivity index (χ1n) is 8.87. The number of benzene rings is 1. The van der Waals surface area contributed by atoms with Gasteiger partial charge in [0, 0.05) is 47.9 Å². The third kappa shape index (κ3) is 3.91. The molecule has 2 amide bonds. The standard InChI is InChI=1S/C19H20ClN3O2S/c20-14-3-1-12(2-4-14)16-11-26-17(22-16)7-8-21-19(25)13-9-18(24)23(10-13)15-5-6-15/h1-4,11,13,15H,5-10H2,(H,21,25)/t13-/m0/s1. The van der Waals surface area contributed by atoms with E-state index < -0.39 is 0 Å². The van der Waals surface area contributed by atoms with Gasteiger partial charge in [-0.15, -0.1) is 11.3 Å². The zero-order valence-corrected chi connectivity index (χ0v) is 15.9. The molecule has 136 valence electrons. The molecule has 2 aliphatic rings. The van der Waals surface area contributed by atoms with Gasteiger partial charge in [-0.25, -0.2) is 4.98 Å². The van der Waals surface area contributed by atoms with Crippen molar-refractivity contribution < 1.29 is 9.59 Å². The SMILES string of the molecule is O=C(NCCc1nc(-c2ccc(Cl)cc2)cs1)[C@H]1CC(=O)N(C2CC2)C1. The number of thiazole rings is 1. The lowest BCUT2D eigenvalue weighted by molar-refractivity contribution is -0.129. The molecular formula is C19H20ClN3O2S. The second kappa shape index (κ2) is 7.37. The predicted molar refractivity (Wildman–Crippen MR) is 102 cm³/mol. The lowest BCUT2D eigenvalue weighted by atomic mass is 10.1. The molecule has 1 saturated carbocycles. The molecule has 0 unspecified atom stereocenters. The molecule has 26 heavy (non-hydrogen) atoms. The van der Waals surface area contributed by atoms with E-state index in [9.17, 15) is 9.59 Å². The van der Waals surface area contributed by atoms with Gasteiger partial charge >= 0.3 is 0 Å². The van der Waals surface area contributed by atoms with Crippen LogP contribution in [0.15, 0.2) is 29.6 Å². The van der Waals surface area contributed by atoms with Crippen molar-refractivity contribution >= 4 is 34.8 Å². The number of amides is 2. The van der Waals surface area contributed by atoms with Crippen LogP contribution in [-0.2, 0) is 16.0 Å². The Hall–Kier alpha value is -1.92. The van der Waals surface area contributed by atoms with E-state index in [1.165, 1.54) is 0 Å². The second-order valence-electron chi connectivity index (χ2n) is 6.85. The Kier molecular flexibility index (Phi) is 4.96. The summed E-state index contributed by atoms with van der Waals surface area (Å²) in [6.07, 6.45) is 3.21. The van der Waals surface area contributed by atoms with Crippen LogP contribution in [0.4, 0.5) is 0 Å². The minimum Gasteiger partial charge on any atom is -0.355 e. The number of hydrogen-bond acceptors (Lipinski definition) is 4. The van der Waals surface area contributed by atoms with Crippen LogP contribution in [0.1, 0.15) is 24.3 Å². The van der Waals surface area contributed by atoms with E-state index >= 15 is 0 Å². The predicted octanol–water partition coefficient (Wildman–Crippen LogP) is 3.13. The average Bonchev–Trinajstić information content (AvgIpc) is 3.23. The maximum absolute atomic E-state index is 12.3. The summed E-state index contributed by atoms with van der Waals surface area (Å²) in [6.45, 7) is 1.12. The van der Waals surface area contributed by atoms with Crippen LogP contribution >= 0.6 is 22.9 Å². The van der Waals surface area contributed by atoms with E-state index in [0.717, 1.165) is 29.1 Å². The Bertz CT molecular complexity index is 816. The van der Waals surface area contributed by atoms with Gasteiger partial charge in [-0.05, 0) is 25.0 Å². The average molecular weight is 390 g/mol. The lowest BCUT2D eigenvalue weighted by Gasteiger charge is -2.15. The van der Waals surface area contributed by atoms with Crippen molar-refractivity contribution in [2.45, 2.75) is 31.7 Å². The summed E-state index contributed by atoms with van der Waals surface area (Å²) in [5.74, 6) is -0.0971. The molecule has 4 rings (SSSR count). The van der Waals surface area contributed by atoms with E-state index in [2.05, 4.69) is 10.3 Å². The molecule has 1 saturated heterocycles. The lowest BCUT2D eigenvalue weighted by Crippen LogP contribution is -2.34. The molecule has 1 aliphatic heterocycles. The Morgan fingerprint density at radius 1 is 1.31 bits per heavy atom. The summed E-state index contributed by atoms with van der Waals surface area (Å²) in [7, 11) is 0. The summed E-state index contributed by atoms with van der Waals surface area (Å²) < 4.78 is 0. The normalized spacial score (nSPS) is 19.8. The highest BCUT2D eigenvalue weighted by molar-refractivity contribution is 7.09. The van der Waals surface area contributed by atoms with E-state index in [4.69, 9.17) is 11.6 Å². The van der Waals surface area contributed by atoms with Gasteiger partial charge < -0.3 is 10.2 Å². The fraction of sp³-hybridized carbons (Fsp3) is 0.421. The summed E-state index contributed by atoms with van der Waals surface area (Å²) in [6, 6.07) is 7.99. The Morgan fingerprint density at radius 2 is 2.08 bits per heavy atom. The van der Waals surface area contributed by atoms with Gasteiger partial charge in [0.2, 0.25) is 11.8 Å². The van der Waals surface area contributed by atoms with Gasteiger partial charge in [0.15, 0.2) is 0 Å². The van der Waals surface area contributed by atoms with E-state index in [1.807, 2.05) is 34.5 Å². The summed E-state index contributed by atoms with van der Waals surface area (Å²) in [4.78, 5) is 30.8. The molecule has 0 bridgehead atoms. The summed E-state index contributed by atoms with van der Waals surface area (Å²) >= 11 is 7.50. The van der Waals surface area contributed by atoms with Crippen molar-refractivity contribution in [3.8, 4) is 11.3 Å². The molecule has 5 nitrogen and oxygen atoms in total. The first-order valence-corrected chi connectivity index (χ1v) is 10.1. The number of nitrogens with one attached hydrogen (secondary N) is 1. The smallest absolute Gasteiger partial charge is 0.225 e. The molecule has 1 aliphatic carbocycles. The summed E-state index contributed by atoms with van der Waals surface area (Å²) in [5, 5.41) is 6.67. The van der Waals surface area contributed by atoms with Crippen molar-refractivity contribution in [1.82, 2.24) is 15.2 Å². The number of aromatic nitrogens is 1. The van der Waals surface area contributed by atoms with Gasteiger partial charge in [-0.3, -0.25) is 9.59 Å². The van der Waals surface area contributed by atoms with Gasteiger partial charge in [0.1, 0.15) is 0 Å². The third-order valence-electron chi connectivity index (χ3n) is 4.85. The van der Waals surface area contributed by atoms with E-state index in [0.29, 0.717) is 37.0 Å². The molecular weight excluding hydrogens is 370 g/mol. The molecule has 2 fully saturated rings. The largest absolute Gasteiger partial charge is 0.355 e. The maximum atomic E-state index is 12.3. The maximum Gasteiger partial charge on any atom is 0.225 e. The number of nitrogens with zero attached hydrogens (tertiary/aromatic N) is 2. The van der Waals surface area contributed by atoms with Gasteiger partial charge in [0.05, 0.1) is 16.6 Å². The number of likely N-dealkylation sites (tertiary alicyclic amines) is 1. The number of carbonyl (C=O) groups excluding carboxylic acids is 2. The molecule has 2 heterocycles. The van der Waals surface area contributed by atoms with Crippen LogP contribution in [0, 0.1) is 5.92 Å². The van der Waals surface area contributed by atoms with Crippen LogP contribution < -0.4 is 5.32 Å². The van der Waals surface area contributed by atoms with Crippen LogP contribution in [0.25, 0.3) is 11.3 Å². The van der Waals surface area contributed by atoms with Crippen molar-refractivity contribution in [2.75, 3.05) is 13.1 Å². The quantitative estimate of drug-likeness (QED) is 0.825. The second-order valence-corrected chi connectivity index (χ2v) is 8.23. The van der Waals surface area contributed by atoms with Crippen LogP contribution in [-0.4, -0.2) is 40.8 Å². The molecule has 7 heteroatoms. The van der Waals surface area contributed by atoms with Crippen LogP contribution in [0.5, 0.6) is 0 Å². The van der Waals surface area contributed by atoms with E-state index in [-0.39, 0.29) is 17.7 Å². The highest BCUT2D eigenvalue weighted by atomic mass is 35.5. The van der Waals surface area contributed by atoms with Crippen molar-refractivity contribution in [2.24, 2.45) is 5.92 Å². The molecule has 0 radical (unpaired) electrons. The molecule has 0 spiro atoms. The summed E-state index contributed by atoms with van der Waals surface area (Å²) in [5.41, 5.74) is 1.96.